The normalized spacial score (nSPS) is 10.8. The Morgan fingerprint density at radius 2 is 2.04 bits per heavy atom. The number of esters is 1. The first-order chi connectivity index (χ1) is 11.2. The average molecular weight is 327 g/mol. The van der Waals surface area contributed by atoms with Crippen LogP contribution in [0.25, 0.3) is 22.0 Å². The molecule has 23 heavy (non-hydrogen) atoms. The van der Waals surface area contributed by atoms with E-state index in [0.29, 0.717) is 11.5 Å². The average Bonchev–Trinajstić information content (AvgIpc) is 3.19. The molecular weight excluding hydrogens is 310 g/mol. The predicted molar refractivity (Wildman–Crippen MR) is 91.8 cm³/mol. The highest BCUT2D eigenvalue weighted by Gasteiger charge is 2.14. The number of H-pyrrole nitrogens is 1. The number of nitrogens with one attached hydrogen (secondary N) is 1. The number of aromatic nitrogens is 1. The smallest absolute Gasteiger partial charge is 0.306 e. The highest BCUT2D eigenvalue weighted by Crippen LogP contribution is 2.32. The number of rotatable bonds is 6. The second-order valence-electron chi connectivity index (χ2n) is 5.18. The van der Waals surface area contributed by atoms with E-state index in [1.54, 1.807) is 6.92 Å². The molecule has 0 unspecified atom stereocenters. The van der Waals surface area contributed by atoms with Crippen molar-refractivity contribution in [2.75, 3.05) is 6.61 Å². The number of ketones is 1. The van der Waals surface area contributed by atoms with Gasteiger partial charge in [0.05, 0.1) is 17.9 Å². The molecule has 3 aromatic rings. The third kappa shape index (κ3) is 3.35. The first-order valence-corrected chi connectivity index (χ1v) is 8.41. The highest BCUT2D eigenvalue weighted by molar-refractivity contribution is 7.12. The summed E-state index contributed by atoms with van der Waals surface area (Å²) in [6, 6.07) is 9.96. The highest BCUT2D eigenvalue weighted by atomic mass is 32.1. The molecule has 0 fully saturated rings. The van der Waals surface area contributed by atoms with Crippen molar-refractivity contribution in [2.45, 2.75) is 19.8 Å². The topological polar surface area (TPSA) is 59.2 Å². The fraction of sp³-hybridized carbons (Fsp3) is 0.222. The molecule has 118 valence electrons. The van der Waals surface area contributed by atoms with Gasteiger partial charge < -0.3 is 9.72 Å². The Morgan fingerprint density at radius 3 is 2.87 bits per heavy atom. The van der Waals surface area contributed by atoms with Gasteiger partial charge in [-0.25, -0.2) is 0 Å². The second kappa shape index (κ2) is 6.79. The van der Waals surface area contributed by atoms with Crippen molar-refractivity contribution in [3.63, 3.8) is 0 Å². The van der Waals surface area contributed by atoms with Crippen molar-refractivity contribution in [3.05, 3.63) is 46.8 Å². The van der Waals surface area contributed by atoms with E-state index in [1.165, 1.54) is 11.3 Å². The SMILES string of the molecule is CCOC(=O)CCC(=O)c1cc(-c2c[nH]c3ccccc23)cs1. The number of carbonyl (C=O) groups is 2. The largest absolute Gasteiger partial charge is 0.466 e. The lowest BCUT2D eigenvalue weighted by Gasteiger charge is -2.00. The van der Waals surface area contributed by atoms with E-state index in [4.69, 9.17) is 4.74 Å². The standard InChI is InChI=1S/C18H17NO3S/c1-2-22-18(21)8-7-16(20)17-9-12(11-23-17)14-10-19-15-6-4-3-5-13(14)15/h3-6,9-11,19H,2,7-8H2,1H3. The van der Waals surface area contributed by atoms with E-state index in [2.05, 4.69) is 11.1 Å². The maximum absolute atomic E-state index is 12.2. The Balaban J connectivity index is 1.75. The van der Waals surface area contributed by atoms with E-state index in [9.17, 15) is 9.59 Å². The molecule has 1 aromatic carbocycles. The van der Waals surface area contributed by atoms with Crippen LogP contribution in [0.2, 0.25) is 0 Å². The molecule has 0 aliphatic heterocycles. The number of aromatic amines is 1. The zero-order chi connectivity index (χ0) is 16.2. The maximum atomic E-state index is 12.2. The van der Waals surface area contributed by atoms with E-state index in [1.807, 2.05) is 35.8 Å². The molecule has 0 aliphatic rings. The lowest BCUT2D eigenvalue weighted by Crippen LogP contribution is -2.07. The number of para-hydroxylation sites is 1. The van der Waals surface area contributed by atoms with E-state index in [-0.39, 0.29) is 24.6 Å². The van der Waals surface area contributed by atoms with Crippen LogP contribution in [0.3, 0.4) is 0 Å². The summed E-state index contributed by atoms with van der Waals surface area (Å²) < 4.78 is 4.85. The predicted octanol–water partition coefficient (Wildman–Crippen LogP) is 4.42. The molecule has 0 spiro atoms. The number of Topliss-reactive ketones (excluding diaryl/α,β-unsaturated/α-hetero) is 1. The number of benzene rings is 1. The number of hydrogen-bond acceptors (Lipinski definition) is 4. The minimum absolute atomic E-state index is 0.0193. The van der Waals surface area contributed by atoms with Crippen LogP contribution in [0.4, 0.5) is 0 Å². The first kappa shape index (κ1) is 15.5. The Kier molecular flexibility index (Phi) is 4.57. The number of carbonyl (C=O) groups excluding carboxylic acids is 2. The molecule has 0 saturated carbocycles. The Morgan fingerprint density at radius 1 is 1.22 bits per heavy atom. The Hall–Kier alpha value is -2.40. The molecule has 0 saturated heterocycles. The molecule has 1 N–H and O–H groups in total. The molecule has 3 rings (SSSR count). The van der Waals surface area contributed by atoms with E-state index < -0.39 is 0 Å². The molecule has 0 amide bonds. The molecule has 0 radical (unpaired) electrons. The first-order valence-electron chi connectivity index (χ1n) is 7.53. The van der Waals surface area contributed by atoms with Crippen LogP contribution < -0.4 is 0 Å². The summed E-state index contributed by atoms with van der Waals surface area (Å²) in [5.74, 6) is -0.344. The van der Waals surface area contributed by atoms with Crippen molar-refractivity contribution < 1.29 is 14.3 Å². The van der Waals surface area contributed by atoms with Crippen LogP contribution in [-0.4, -0.2) is 23.3 Å². The van der Waals surface area contributed by atoms with E-state index >= 15 is 0 Å². The van der Waals surface area contributed by atoms with Crippen LogP contribution in [0.1, 0.15) is 29.4 Å². The van der Waals surface area contributed by atoms with Gasteiger partial charge in [-0.1, -0.05) is 18.2 Å². The molecule has 0 atom stereocenters. The maximum Gasteiger partial charge on any atom is 0.306 e. The van der Waals surface area contributed by atoms with Gasteiger partial charge in [0.2, 0.25) is 0 Å². The number of fused-ring (bicyclic) bond motifs is 1. The molecule has 2 aromatic heterocycles. The van der Waals surface area contributed by atoms with Gasteiger partial charge in [0, 0.05) is 29.1 Å². The quantitative estimate of drug-likeness (QED) is 0.538. The number of ether oxygens (including phenoxy) is 1. The van der Waals surface area contributed by atoms with Gasteiger partial charge in [-0.2, -0.15) is 0 Å². The monoisotopic (exact) mass is 327 g/mol. The van der Waals surface area contributed by atoms with Gasteiger partial charge in [-0.05, 0) is 30.0 Å². The van der Waals surface area contributed by atoms with Crippen molar-refractivity contribution >= 4 is 34.0 Å². The fourth-order valence-corrected chi connectivity index (χ4v) is 3.38. The third-order valence-electron chi connectivity index (χ3n) is 3.64. The van der Waals surface area contributed by atoms with Gasteiger partial charge in [-0.3, -0.25) is 9.59 Å². The summed E-state index contributed by atoms with van der Waals surface area (Å²) in [6.45, 7) is 2.10. The minimum atomic E-state index is -0.325. The van der Waals surface area contributed by atoms with Gasteiger partial charge in [0.25, 0.3) is 0 Å². The molecule has 4 nitrogen and oxygen atoms in total. The summed E-state index contributed by atoms with van der Waals surface area (Å²) in [5.41, 5.74) is 3.18. The third-order valence-corrected chi connectivity index (χ3v) is 4.61. The van der Waals surface area contributed by atoms with Gasteiger partial charge >= 0.3 is 5.97 Å². The summed E-state index contributed by atoms with van der Waals surface area (Å²) in [6.07, 6.45) is 2.28. The summed E-state index contributed by atoms with van der Waals surface area (Å²) in [5, 5.41) is 3.11. The van der Waals surface area contributed by atoms with Crippen molar-refractivity contribution in [3.8, 4) is 11.1 Å². The van der Waals surface area contributed by atoms with Gasteiger partial charge in [-0.15, -0.1) is 11.3 Å². The van der Waals surface area contributed by atoms with Crippen LogP contribution in [0, 0.1) is 0 Å². The summed E-state index contributed by atoms with van der Waals surface area (Å²) >= 11 is 1.41. The van der Waals surface area contributed by atoms with Crippen LogP contribution in [0.5, 0.6) is 0 Å². The van der Waals surface area contributed by atoms with Crippen molar-refractivity contribution in [1.82, 2.24) is 4.98 Å². The summed E-state index contributed by atoms with van der Waals surface area (Å²) in [7, 11) is 0. The van der Waals surface area contributed by atoms with Crippen molar-refractivity contribution in [1.29, 1.82) is 0 Å². The van der Waals surface area contributed by atoms with Crippen molar-refractivity contribution in [2.24, 2.45) is 0 Å². The molecule has 2 heterocycles. The Labute approximate surface area is 138 Å². The Bertz CT molecular complexity index is 847. The molecule has 0 bridgehead atoms. The van der Waals surface area contributed by atoms with Gasteiger partial charge in [0.1, 0.15) is 0 Å². The number of hydrogen-bond donors (Lipinski definition) is 1. The van der Waals surface area contributed by atoms with Crippen LogP contribution >= 0.6 is 11.3 Å². The lowest BCUT2D eigenvalue weighted by molar-refractivity contribution is -0.143. The van der Waals surface area contributed by atoms with Crippen LogP contribution in [-0.2, 0) is 9.53 Å². The zero-order valence-corrected chi connectivity index (χ0v) is 13.6. The number of thiophene rings is 1. The minimum Gasteiger partial charge on any atom is -0.466 e. The van der Waals surface area contributed by atoms with Crippen LogP contribution in [0.15, 0.2) is 41.9 Å². The lowest BCUT2D eigenvalue weighted by atomic mass is 10.1. The molecule has 0 aliphatic carbocycles. The van der Waals surface area contributed by atoms with Gasteiger partial charge in [0.15, 0.2) is 5.78 Å². The molecule has 5 heteroatoms. The zero-order valence-electron chi connectivity index (χ0n) is 12.8. The summed E-state index contributed by atoms with van der Waals surface area (Å²) in [4.78, 5) is 27.5. The fourth-order valence-electron chi connectivity index (χ4n) is 2.51. The van der Waals surface area contributed by atoms with E-state index in [0.717, 1.165) is 22.0 Å². The second-order valence-corrected chi connectivity index (χ2v) is 6.09. The molecular formula is C18H17NO3S.